The second kappa shape index (κ2) is 6.38. The van der Waals surface area contributed by atoms with Crippen LogP contribution in [0.1, 0.15) is 49.7 Å². The van der Waals surface area contributed by atoms with E-state index in [1.54, 1.807) is 12.1 Å². The fourth-order valence-corrected chi connectivity index (χ4v) is 3.47. The van der Waals surface area contributed by atoms with E-state index in [1.807, 2.05) is 0 Å². The van der Waals surface area contributed by atoms with E-state index in [4.69, 9.17) is 0 Å². The zero-order chi connectivity index (χ0) is 16.6. The van der Waals surface area contributed by atoms with Crippen molar-refractivity contribution >= 4 is 0 Å². The van der Waals surface area contributed by atoms with Crippen LogP contribution in [0.3, 0.4) is 0 Å². The summed E-state index contributed by atoms with van der Waals surface area (Å²) >= 11 is 0. The Kier molecular flexibility index (Phi) is 4.47. The van der Waals surface area contributed by atoms with Crippen LogP contribution < -0.4 is 0 Å². The molecule has 1 fully saturated rings. The Morgan fingerprint density at radius 2 is 1.57 bits per heavy atom. The topological polar surface area (TPSA) is 0 Å². The van der Waals surface area contributed by atoms with Crippen LogP contribution in [0.2, 0.25) is 0 Å². The third kappa shape index (κ3) is 3.15. The summed E-state index contributed by atoms with van der Waals surface area (Å²) in [7, 11) is 0. The van der Waals surface area contributed by atoms with E-state index in [9.17, 15) is 13.2 Å². The van der Waals surface area contributed by atoms with Crippen molar-refractivity contribution in [2.24, 2.45) is 5.92 Å². The molecule has 0 nitrogen and oxygen atoms in total. The van der Waals surface area contributed by atoms with Gasteiger partial charge in [-0.2, -0.15) is 0 Å². The number of rotatable bonds is 2. The first-order chi connectivity index (χ1) is 11.0. The van der Waals surface area contributed by atoms with E-state index in [1.165, 1.54) is 25.1 Å². The van der Waals surface area contributed by atoms with Crippen molar-refractivity contribution in [3.63, 3.8) is 0 Å². The second-order valence-corrected chi connectivity index (χ2v) is 6.75. The summed E-state index contributed by atoms with van der Waals surface area (Å²) in [5.74, 6) is -1.16. The van der Waals surface area contributed by atoms with Gasteiger partial charge >= 0.3 is 0 Å². The molecule has 0 aromatic heterocycles. The molecule has 0 unspecified atom stereocenters. The minimum absolute atomic E-state index is 0.107. The highest BCUT2D eigenvalue weighted by molar-refractivity contribution is 5.65. The van der Waals surface area contributed by atoms with Gasteiger partial charge in [-0.3, -0.25) is 0 Å². The molecule has 0 radical (unpaired) electrons. The average molecular weight is 318 g/mol. The van der Waals surface area contributed by atoms with Crippen LogP contribution in [0.25, 0.3) is 11.1 Å². The summed E-state index contributed by atoms with van der Waals surface area (Å²) in [5.41, 5.74) is 1.44. The van der Waals surface area contributed by atoms with Crippen molar-refractivity contribution in [2.45, 2.75) is 45.4 Å². The third-order valence-electron chi connectivity index (χ3n) is 5.04. The highest BCUT2D eigenvalue weighted by Crippen LogP contribution is 2.38. The van der Waals surface area contributed by atoms with E-state index >= 15 is 0 Å². The fraction of sp³-hybridized carbons (Fsp3) is 0.400. The van der Waals surface area contributed by atoms with Crippen LogP contribution in [0.15, 0.2) is 30.3 Å². The summed E-state index contributed by atoms with van der Waals surface area (Å²) in [4.78, 5) is 0. The van der Waals surface area contributed by atoms with E-state index in [2.05, 4.69) is 6.92 Å². The number of hydrogen-bond acceptors (Lipinski definition) is 0. The standard InChI is InChI=1S/C20H21F3/c1-12-3-6-14(7-4-12)16-10-8-15(11-18(16)21)17-9-5-13(2)19(22)20(17)23/h5,8-12,14H,3-4,6-7H2,1-2H3. The summed E-state index contributed by atoms with van der Waals surface area (Å²) < 4.78 is 42.3. The lowest BCUT2D eigenvalue weighted by molar-refractivity contribution is 0.342. The molecule has 0 atom stereocenters. The molecule has 0 amide bonds. The maximum Gasteiger partial charge on any atom is 0.166 e. The Labute approximate surface area is 135 Å². The smallest absolute Gasteiger partial charge is 0.166 e. The Morgan fingerprint density at radius 1 is 0.870 bits per heavy atom. The normalized spacial score (nSPS) is 21.4. The lowest BCUT2D eigenvalue weighted by atomic mass is 9.79. The molecule has 1 aliphatic rings. The first kappa shape index (κ1) is 16.1. The van der Waals surface area contributed by atoms with E-state index < -0.39 is 11.6 Å². The van der Waals surface area contributed by atoms with Gasteiger partial charge in [0.25, 0.3) is 0 Å². The Bertz CT molecular complexity index is 713. The summed E-state index contributed by atoms with van der Waals surface area (Å²) in [6, 6.07) is 7.79. The monoisotopic (exact) mass is 318 g/mol. The molecular weight excluding hydrogens is 297 g/mol. The van der Waals surface area contributed by atoms with Gasteiger partial charge in [-0.15, -0.1) is 0 Å². The largest absolute Gasteiger partial charge is 0.207 e. The van der Waals surface area contributed by atoms with Gasteiger partial charge in [-0.1, -0.05) is 44.0 Å². The van der Waals surface area contributed by atoms with Crippen LogP contribution in [-0.2, 0) is 0 Å². The number of aryl methyl sites for hydroxylation is 1. The van der Waals surface area contributed by atoms with Gasteiger partial charge in [0.05, 0.1) is 0 Å². The molecule has 0 saturated heterocycles. The van der Waals surface area contributed by atoms with Crippen molar-refractivity contribution in [1.82, 2.24) is 0 Å². The third-order valence-corrected chi connectivity index (χ3v) is 5.04. The summed E-state index contributed by atoms with van der Waals surface area (Å²) in [5, 5.41) is 0. The first-order valence-electron chi connectivity index (χ1n) is 8.21. The zero-order valence-corrected chi connectivity index (χ0v) is 13.5. The quantitative estimate of drug-likeness (QED) is 0.603. The molecule has 1 aliphatic carbocycles. The molecule has 0 heterocycles. The van der Waals surface area contributed by atoms with Crippen LogP contribution in [0.4, 0.5) is 13.2 Å². The molecule has 0 N–H and O–H groups in total. The fourth-order valence-electron chi connectivity index (χ4n) is 3.47. The summed E-state index contributed by atoms with van der Waals surface area (Å²) in [6.07, 6.45) is 4.21. The van der Waals surface area contributed by atoms with E-state index in [-0.39, 0.29) is 22.9 Å². The van der Waals surface area contributed by atoms with Gasteiger partial charge in [-0.25, -0.2) is 13.2 Å². The molecule has 2 aromatic carbocycles. The van der Waals surface area contributed by atoms with Crippen molar-refractivity contribution < 1.29 is 13.2 Å². The Morgan fingerprint density at radius 3 is 2.22 bits per heavy atom. The molecule has 2 aromatic rings. The average Bonchev–Trinajstić information content (AvgIpc) is 2.54. The predicted octanol–water partition coefficient (Wildman–Crippen LogP) is 6.37. The number of hydrogen-bond donors (Lipinski definition) is 0. The molecule has 122 valence electrons. The van der Waals surface area contributed by atoms with Gasteiger partial charge in [0, 0.05) is 5.56 Å². The Hall–Kier alpha value is -1.77. The molecule has 0 bridgehead atoms. The predicted molar refractivity (Wildman–Crippen MR) is 86.9 cm³/mol. The van der Waals surface area contributed by atoms with E-state index in [0.29, 0.717) is 17.0 Å². The molecule has 3 rings (SSSR count). The lowest BCUT2D eigenvalue weighted by Gasteiger charge is -2.26. The molecular formula is C20H21F3. The van der Waals surface area contributed by atoms with Crippen LogP contribution in [0, 0.1) is 30.3 Å². The van der Waals surface area contributed by atoms with Crippen LogP contribution >= 0.6 is 0 Å². The van der Waals surface area contributed by atoms with Crippen LogP contribution in [-0.4, -0.2) is 0 Å². The van der Waals surface area contributed by atoms with E-state index in [0.717, 1.165) is 25.7 Å². The van der Waals surface area contributed by atoms with Gasteiger partial charge in [0.15, 0.2) is 11.6 Å². The molecule has 23 heavy (non-hydrogen) atoms. The highest BCUT2D eigenvalue weighted by Gasteiger charge is 2.23. The molecule has 3 heteroatoms. The first-order valence-corrected chi connectivity index (χ1v) is 8.21. The SMILES string of the molecule is Cc1ccc(-c2ccc(C3CCC(C)CC3)c(F)c2)c(F)c1F. The minimum atomic E-state index is -0.913. The number of benzene rings is 2. The molecule has 0 spiro atoms. The van der Waals surface area contributed by atoms with Crippen molar-refractivity contribution in [3.05, 3.63) is 58.9 Å². The number of halogens is 3. The molecule has 0 aliphatic heterocycles. The highest BCUT2D eigenvalue weighted by atomic mass is 19.2. The summed E-state index contributed by atoms with van der Waals surface area (Å²) in [6.45, 7) is 3.74. The van der Waals surface area contributed by atoms with Gasteiger partial charge in [0.1, 0.15) is 5.82 Å². The maximum absolute atomic E-state index is 14.5. The van der Waals surface area contributed by atoms with Gasteiger partial charge in [-0.05, 0) is 54.4 Å². The van der Waals surface area contributed by atoms with Crippen molar-refractivity contribution in [2.75, 3.05) is 0 Å². The van der Waals surface area contributed by atoms with Gasteiger partial charge < -0.3 is 0 Å². The van der Waals surface area contributed by atoms with Gasteiger partial charge in [0.2, 0.25) is 0 Å². The minimum Gasteiger partial charge on any atom is -0.207 e. The Balaban J connectivity index is 1.92. The second-order valence-electron chi connectivity index (χ2n) is 6.75. The zero-order valence-electron chi connectivity index (χ0n) is 13.5. The van der Waals surface area contributed by atoms with Crippen molar-refractivity contribution in [3.8, 4) is 11.1 Å². The lowest BCUT2D eigenvalue weighted by Crippen LogP contribution is -2.12. The van der Waals surface area contributed by atoms with Crippen LogP contribution in [0.5, 0.6) is 0 Å². The maximum atomic E-state index is 14.5. The molecule has 1 saturated carbocycles. The van der Waals surface area contributed by atoms with Crippen molar-refractivity contribution in [1.29, 1.82) is 0 Å².